The molecule has 3 amide bonds. The van der Waals surface area contributed by atoms with Gasteiger partial charge in [-0.05, 0) is 35.2 Å². The maximum absolute atomic E-state index is 13.7. The summed E-state index contributed by atoms with van der Waals surface area (Å²) in [5, 5.41) is 2.88. The molecule has 1 aliphatic rings. The molecule has 1 fully saturated rings. The molecule has 0 spiro atoms. The average molecular weight is 621 g/mol. The highest BCUT2D eigenvalue weighted by molar-refractivity contribution is 6.00. The molecule has 4 aromatic rings. The van der Waals surface area contributed by atoms with Gasteiger partial charge in [0.15, 0.2) is 0 Å². The van der Waals surface area contributed by atoms with Crippen LogP contribution in [0.25, 0.3) is 0 Å². The normalized spacial score (nSPS) is 13.9. The molecule has 1 heterocycles. The molecular formula is C37H40N4O5. The van der Waals surface area contributed by atoms with Gasteiger partial charge in [-0.3, -0.25) is 19.3 Å². The van der Waals surface area contributed by atoms with Crippen molar-refractivity contribution in [2.24, 2.45) is 5.73 Å². The fraction of sp³-hybridized carbons (Fsp3) is 0.270. The molecule has 0 bridgehead atoms. The van der Waals surface area contributed by atoms with Crippen LogP contribution in [0, 0.1) is 0 Å². The quantitative estimate of drug-likeness (QED) is 0.214. The second-order valence-electron chi connectivity index (χ2n) is 11.3. The number of benzene rings is 4. The first kappa shape index (κ1) is 32.2. The summed E-state index contributed by atoms with van der Waals surface area (Å²) in [5.74, 6) is -0.390. The Bertz CT molecular complexity index is 1580. The Kier molecular flexibility index (Phi) is 11.4. The van der Waals surface area contributed by atoms with Crippen molar-refractivity contribution < 1.29 is 23.9 Å². The number of primary amides is 1. The molecular weight excluding hydrogens is 580 g/mol. The number of hydrogen-bond acceptors (Lipinski definition) is 6. The van der Waals surface area contributed by atoms with Crippen molar-refractivity contribution in [2.75, 3.05) is 26.2 Å². The van der Waals surface area contributed by atoms with E-state index < -0.39 is 17.9 Å². The van der Waals surface area contributed by atoms with E-state index in [0.717, 1.165) is 17.7 Å². The lowest BCUT2D eigenvalue weighted by atomic mass is 10.1. The Labute approximate surface area is 269 Å². The van der Waals surface area contributed by atoms with E-state index in [-0.39, 0.29) is 30.9 Å². The number of rotatable bonds is 14. The number of carbonyl (C=O) groups excluding carboxylic acids is 3. The van der Waals surface area contributed by atoms with E-state index in [9.17, 15) is 14.4 Å². The molecule has 0 unspecified atom stereocenters. The second-order valence-corrected chi connectivity index (χ2v) is 11.3. The number of nitrogens with zero attached hydrogens (tertiary/aromatic N) is 2. The summed E-state index contributed by atoms with van der Waals surface area (Å²) in [6.07, 6.45) is 0.0664. The van der Waals surface area contributed by atoms with Crippen LogP contribution in [0.5, 0.6) is 11.5 Å². The zero-order chi connectivity index (χ0) is 32.1. The van der Waals surface area contributed by atoms with E-state index in [4.69, 9.17) is 15.2 Å². The number of amides is 3. The van der Waals surface area contributed by atoms with Crippen molar-refractivity contribution in [3.8, 4) is 11.5 Å². The molecule has 4 aromatic carbocycles. The molecule has 9 nitrogen and oxygen atoms in total. The summed E-state index contributed by atoms with van der Waals surface area (Å²) >= 11 is 0. The first-order valence-corrected chi connectivity index (χ1v) is 15.6. The molecule has 0 aliphatic carbocycles. The minimum atomic E-state index is -0.920. The predicted octanol–water partition coefficient (Wildman–Crippen LogP) is 4.55. The first-order chi connectivity index (χ1) is 22.4. The van der Waals surface area contributed by atoms with Gasteiger partial charge in [-0.2, -0.15) is 0 Å². The van der Waals surface area contributed by atoms with Gasteiger partial charge in [0.05, 0.1) is 5.56 Å². The second kappa shape index (κ2) is 16.2. The fourth-order valence-corrected chi connectivity index (χ4v) is 5.34. The maximum atomic E-state index is 13.7. The molecule has 0 radical (unpaired) electrons. The molecule has 0 saturated carbocycles. The van der Waals surface area contributed by atoms with Crippen LogP contribution in [0.15, 0.2) is 109 Å². The standard InChI is InChI=1S/C37H40N4O5/c38-35(42)19-18-33(37(44)41-22-20-40(21-23-41)25-28-10-4-1-5-11-28)39-36(43)32-17-16-31(45-26-29-12-6-2-7-13-29)24-34(32)46-27-30-14-8-3-9-15-30/h1-17,24,33H,18-23,25-27H2,(H2,38,42)(H,39,43)/t33-/m0/s1. The van der Waals surface area contributed by atoms with Crippen molar-refractivity contribution in [3.05, 3.63) is 131 Å². The van der Waals surface area contributed by atoms with Gasteiger partial charge in [0.25, 0.3) is 5.91 Å². The third kappa shape index (κ3) is 9.42. The molecule has 5 rings (SSSR count). The molecule has 1 atom stereocenters. The highest BCUT2D eigenvalue weighted by Crippen LogP contribution is 2.27. The van der Waals surface area contributed by atoms with E-state index in [1.165, 1.54) is 5.56 Å². The number of carbonyl (C=O) groups is 3. The third-order valence-electron chi connectivity index (χ3n) is 7.90. The molecule has 238 valence electrons. The number of piperazine rings is 1. The van der Waals surface area contributed by atoms with E-state index in [1.54, 1.807) is 23.1 Å². The van der Waals surface area contributed by atoms with Crippen molar-refractivity contribution in [1.82, 2.24) is 15.1 Å². The van der Waals surface area contributed by atoms with Gasteiger partial charge in [-0.15, -0.1) is 0 Å². The Morgan fingerprint density at radius 2 is 1.28 bits per heavy atom. The Morgan fingerprint density at radius 3 is 1.87 bits per heavy atom. The van der Waals surface area contributed by atoms with Crippen LogP contribution in [0.2, 0.25) is 0 Å². The number of hydrogen-bond donors (Lipinski definition) is 2. The Hall–Kier alpha value is -5.15. The highest BCUT2D eigenvalue weighted by Gasteiger charge is 2.30. The summed E-state index contributed by atoms with van der Waals surface area (Å²) in [6, 6.07) is 33.7. The lowest BCUT2D eigenvalue weighted by Crippen LogP contribution is -2.55. The van der Waals surface area contributed by atoms with Crippen LogP contribution in [-0.2, 0) is 29.3 Å². The minimum Gasteiger partial charge on any atom is -0.489 e. The van der Waals surface area contributed by atoms with Crippen LogP contribution in [0.4, 0.5) is 0 Å². The number of ether oxygens (including phenoxy) is 2. The van der Waals surface area contributed by atoms with Gasteiger partial charge in [0, 0.05) is 45.2 Å². The zero-order valence-electron chi connectivity index (χ0n) is 25.8. The van der Waals surface area contributed by atoms with E-state index in [2.05, 4.69) is 22.3 Å². The maximum Gasteiger partial charge on any atom is 0.255 e. The zero-order valence-corrected chi connectivity index (χ0v) is 25.8. The first-order valence-electron chi connectivity index (χ1n) is 15.6. The van der Waals surface area contributed by atoms with E-state index in [1.807, 2.05) is 78.9 Å². The van der Waals surface area contributed by atoms with Gasteiger partial charge in [-0.25, -0.2) is 0 Å². The number of nitrogens with one attached hydrogen (secondary N) is 1. The summed E-state index contributed by atoms with van der Waals surface area (Å²) in [4.78, 5) is 43.2. The lowest BCUT2D eigenvalue weighted by Gasteiger charge is -2.36. The molecule has 0 aromatic heterocycles. The highest BCUT2D eigenvalue weighted by atomic mass is 16.5. The number of nitrogens with two attached hydrogens (primary N) is 1. The third-order valence-corrected chi connectivity index (χ3v) is 7.90. The summed E-state index contributed by atoms with van der Waals surface area (Å²) in [7, 11) is 0. The largest absolute Gasteiger partial charge is 0.489 e. The molecule has 9 heteroatoms. The van der Waals surface area contributed by atoms with Crippen molar-refractivity contribution in [3.63, 3.8) is 0 Å². The smallest absolute Gasteiger partial charge is 0.255 e. The predicted molar refractivity (Wildman–Crippen MR) is 176 cm³/mol. The van der Waals surface area contributed by atoms with Gasteiger partial charge >= 0.3 is 0 Å². The SMILES string of the molecule is NC(=O)CC[C@H](NC(=O)c1ccc(OCc2ccccc2)cc1OCc1ccccc1)C(=O)N1CCN(Cc2ccccc2)CC1. The fourth-order valence-electron chi connectivity index (χ4n) is 5.34. The lowest BCUT2D eigenvalue weighted by molar-refractivity contribution is -0.135. The van der Waals surface area contributed by atoms with Gasteiger partial charge in [-0.1, -0.05) is 91.0 Å². The minimum absolute atomic E-state index is 0.0334. The summed E-state index contributed by atoms with van der Waals surface area (Å²) < 4.78 is 12.1. The van der Waals surface area contributed by atoms with Crippen LogP contribution < -0.4 is 20.5 Å². The molecule has 1 saturated heterocycles. The average Bonchev–Trinajstić information content (AvgIpc) is 3.09. The Morgan fingerprint density at radius 1 is 0.717 bits per heavy atom. The molecule has 46 heavy (non-hydrogen) atoms. The van der Waals surface area contributed by atoms with Crippen LogP contribution in [0.1, 0.15) is 39.9 Å². The topological polar surface area (TPSA) is 114 Å². The molecule has 3 N–H and O–H groups in total. The van der Waals surface area contributed by atoms with Crippen LogP contribution in [-0.4, -0.2) is 59.7 Å². The van der Waals surface area contributed by atoms with Crippen LogP contribution in [0.3, 0.4) is 0 Å². The monoisotopic (exact) mass is 620 g/mol. The van der Waals surface area contributed by atoms with Crippen molar-refractivity contribution in [1.29, 1.82) is 0 Å². The van der Waals surface area contributed by atoms with Gasteiger partial charge in [0.1, 0.15) is 30.8 Å². The summed E-state index contributed by atoms with van der Waals surface area (Å²) in [6.45, 7) is 3.86. The summed E-state index contributed by atoms with van der Waals surface area (Å²) in [5.41, 5.74) is 8.86. The van der Waals surface area contributed by atoms with E-state index >= 15 is 0 Å². The Balaban J connectivity index is 1.28. The van der Waals surface area contributed by atoms with Crippen LogP contribution >= 0.6 is 0 Å². The van der Waals surface area contributed by atoms with E-state index in [0.29, 0.717) is 44.3 Å². The van der Waals surface area contributed by atoms with Crippen molar-refractivity contribution in [2.45, 2.75) is 38.6 Å². The van der Waals surface area contributed by atoms with Crippen molar-refractivity contribution >= 4 is 17.7 Å². The van der Waals surface area contributed by atoms with Gasteiger partial charge < -0.3 is 25.4 Å². The molecule has 1 aliphatic heterocycles. The van der Waals surface area contributed by atoms with Gasteiger partial charge in [0.2, 0.25) is 11.8 Å².